The van der Waals surface area contributed by atoms with Crippen LogP contribution in [0.3, 0.4) is 0 Å². The van der Waals surface area contributed by atoms with Gasteiger partial charge in [0.15, 0.2) is 0 Å². The molecule has 1 amide bonds. The molecule has 1 aliphatic rings. The van der Waals surface area contributed by atoms with E-state index < -0.39 is 5.60 Å². The Hall–Kier alpha value is -1.04. The van der Waals surface area contributed by atoms with Gasteiger partial charge < -0.3 is 10.0 Å². The lowest BCUT2D eigenvalue weighted by molar-refractivity contribution is 0.0178. The molecule has 5 heteroatoms. The average molecular weight is 308 g/mol. The first-order chi connectivity index (χ1) is 9.89. The first-order valence-electron chi connectivity index (χ1n) is 7.27. The van der Waals surface area contributed by atoms with E-state index in [1.54, 1.807) is 11.8 Å². The lowest BCUT2D eigenvalue weighted by Gasteiger charge is -2.37. The summed E-state index contributed by atoms with van der Waals surface area (Å²) in [6.45, 7) is 7.36. The summed E-state index contributed by atoms with van der Waals surface area (Å²) in [7, 11) is 0. The van der Waals surface area contributed by atoms with E-state index in [0.717, 1.165) is 31.7 Å². The van der Waals surface area contributed by atoms with Crippen molar-refractivity contribution in [1.82, 2.24) is 9.80 Å². The number of carbonyl (C=O) groups excluding carboxylic acids is 1. The lowest BCUT2D eigenvalue weighted by atomic mass is 10.1. The maximum Gasteiger partial charge on any atom is 0.253 e. The second kappa shape index (κ2) is 6.81. The van der Waals surface area contributed by atoms with Gasteiger partial charge in [-0.3, -0.25) is 9.69 Å². The lowest BCUT2D eigenvalue weighted by Crippen LogP contribution is -2.51. The van der Waals surface area contributed by atoms with E-state index in [2.05, 4.69) is 4.90 Å². The molecular weight excluding hydrogens is 284 g/mol. The monoisotopic (exact) mass is 308 g/mol. The van der Waals surface area contributed by atoms with Crippen molar-refractivity contribution < 1.29 is 9.90 Å². The fourth-order valence-corrected chi connectivity index (χ4v) is 2.98. The molecule has 0 saturated carbocycles. The Bertz CT molecular complexity index is 474. The van der Waals surface area contributed by atoms with Gasteiger partial charge in [0.05, 0.1) is 5.60 Å². The minimum atomic E-state index is -0.681. The SMILES string of the molecule is CSc1ccc(C(=O)N2CCN(CC(C)(C)O)CC2)cc1. The maximum absolute atomic E-state index is 12.4. The van der Waals surface area contributed by atoms with Gasteiger partial charge in [-0.2, -0.15) is 0 Å². The molecule has 1 aromatic rings. The highest BCUT2D eigenvalue weighted by Gasteiger charge is 2.25. The molecule has 0 spiro atoms. The Morgan fingerprint density at radius 1 is 1.19 bits per heavy atom. The van der Waals surface area contributed by atoms with Crippen molar-refractivity contribution in [3.05, 3.63) is 29.8 Å². The second-order valence-electron chi connectivity index (χ2n) is 6.11. The van der Waals surface area contributed by atoms with Crippen molar-refractivity contribution in [2.75, 3.05) is 39.0 Å². The topological polar surface area (TPSA) is 43.8 Å². The highest BCUT2D eigenvalue weighted by atomic mass is 32.2. The Morgan fingerprint density at radius 3 is 2.24 bits per heavy atom. The van der Waals surface area contributed by atoms with Gasteiger partial charge in [0, 0.05) is 43.2 Å². The van der Waals surface area contributed by atoms with Crippen LogP contribution in [0.5, 0.6) is 0 Å². The van der Waals surface area contributed by atoms with E-state index in [4.69, 9.17) is 0 Å². The maximum atomic E-state index is 12.4. The molecule has 0 radical (unpaired) electrons. The molecule has 4 nitrogen and oxygen atoms in total. The van der Waals surface area contributed by atoms with E-state index >= 15 is 0 Å². The Balaban J connectivity index is 1.90. The first-order valence-corrected chi connectivity index (χ1v) is 8.49. The molecule has 0 atom stereocenters. The van der Waals surface area contributed by atoms with Gasteiger partial charge in [0.25, 0.3) is 5.91 Å². The first kappa shape index (κ1) is 16.3. The molecule has 2 rings (SSSR count). The van der Waals surface area contributed by atoms with Crippen molar-refractivity contribution >= 4 is 17.7 Å². The number of amides is 1. The molecule has 1 aromatic carbocycles. The van der Waals surface area contributed by atoms with Gasteiger partial charge in [-0.1, -0.05) is 0 Å². The molecule has 1 aliphatic heterocycles. The summed E-state index contributed by atoms with van der Waals surface area (Å²) in [6, 6.07) is 7.78. The molecular formula is C16H24N2O2S. The molecule has 116 valence electrons. The summed E-state index contributed by atoms with van der Waals surface area (Å²) >= 11 is 1.68. The Morgan fingerprint density at radius 2 is 1.76 bits per heavy atom. The largest absolute Gasteiger partial charge is 0.389 e. The van der Waals surface area contributed by atoms with Crippen LogP contribution in [0, 0.1) is 0 Å². The predicted molar refractivity (Wildman–Crippen MR) is 86.9 cm³/mol. The van der Waals surface area contributed by atoms with E-state index in [1.807, 2.05) is 49.3 Å². The zero-order valence-corrected chi connectivity index (χ0v) is 13.8. The number of hydrogen-bond donors (Lipinski definition) is 1. The summed E-state index contributed by atoms with van der Waals surface area (Å²) in [4.78, 5) is 17.7. The number of thioether (sulfide) groups is 1. The van der Waals surface area contributed by atoms with Crippen molar-refractivity contribution in [3.8, 4) is 0 Å². The average Bonchev–Trinajstić information content (AvgIpc) is 2.46. The summed E-state index contributed by atoms with van der Waals surface area (Å²) in [5.74, 6) is 0.102. The number of hydrogen-bond acceptors (Lipinski definition) is 4. The third-order valence-electron chi connectivity index (χ3n) is 3.61. The number of nitrogens with zero attached hydrogens (tertiary/aromatic N) is 2. The number of β-amino-alcohol motifs (C(OH)–C–C–N with tert-alkyl or cyclic N) is 1. The molecule has 1 N–H and O–H groups in total. The van der Waals surface area contributed by atoms with Crippen LogP contribution in [0.15, 0.2) is 29.2 Å². The van der Waals surface area contributed by atoms with Crippen LogP contribution in [0.1, 0.15) is 24.2 Å². The fraction of sp³-hybridized carbons (Fsp3) is 0.562. The van der Waals surface area contributed by atoms with Gasteiger partial charge in [0.2, 0.25) is 0 Å². The molecule has 0 aromatic heterocycles. The minimum Gasteiger partial charge on any atom is -0.389 e. The quantitative estimate of drug-likeness (QED) is 0.863. The van der Waals surface area contributed by atoms with Crippen molar-refractivity contribution in [2.45, 2.75) is 24.3 Å². The zero-order chi connectivity index (χ0) is 15.5. The van der Waals surface area contributed by atoms with Crippen LogP contribution >= 0.6 is 11.8 Å². The van der Waals surface area contributed by atoms with Crippen LogP contribution < -0.4 is 0 Å². The van der Waals surface area contributed by atoms with Gasteiger partial charge >= 0.3 is 0 Å². The Kier molecular flexibility index (Phi) is 5.30. The number of carbonyl (C=O) groups is 1. The molecule has 0 bridgehead atoms. The van der Waals surface area contributed by atoms with Crippen molar-refractivity contribution in [1.29, 1.82) is 0 Å². The standard InChI is InChI=1S/C16H24N2O2S/c1-16(2,20)12-17-8-10-18(11-9-17)15(19)13-4-6-14(21-3)7-5-13/h4-7,20H,8-12H2,1-3H3. The van der Waals surface area contributed by atoms with Gasteiger partial charge in [-0.05, 0) is 44.4 Å². The van der Waals surface area contributed by atoms with Crippen LogP contribution in [0.25, 0.3) is 0 Å². The fourth-order valence-electron chi connectivity index (χ4n) is 2.57. The highest BCUT2D eigenvalue weighted by molar-refractivity contribution is 7.98. The van der Waals surface area contributed by atoms with Crippen LogP contribution in [-0.2, 0) is 0 Å². The highest BCUT2D eigenvalue weighted by Crippen LogP contribution is 2.17. The van der Waals surface area contributed by atoms with Gasteiger partial charge in [-0.15, -0.1) is 11.8 Å². The van der Waals surface area contributed by atoms with E-state index in [0.29, 0.717) is 6.54 Å². The zero-order valence-electron chi connectivity index (χ0n) is 13.0. The van der Waals surface area contributed by atoms with Crippen molar-refractivity contribution in [2.24, 2.45) is 0 Å². The summed E-state index contributed by atoms with van der Waals surface area (Å²) in [5, 5.41) is 9.85. The number of piperazine rings is 1. The van der Waals surface area contributed by atoms with Gasteiger partial charge in [-0.25, -0.2) is 0 Å². The molecule has 1 fully saturated rings. The molecule has 1 heterocycles. The van der Waals surface area contributed by atoms with Gasteiger partial charge in [0.1, 0.15) is 0 Å². The second-order valence-corrected chi connectivity index (χ2v) is 6.99. The summed E-state index contributed by atoms with van der Waals surface area (Å²) < 4.78 is 0. The number of aliphatic hydroxyl groups is 1. The molecule has 21 heavy (non-hydrogen) atoms. The molecule has 1 saturated heterocycles. The minimum absolute atomic E-state index is 0.102. The predicted octanol–water partition coefficient (Wildman–Crippen LogP) is 1.94. The number of benzene rings is 1. The summed E-state index contributed by atoms with van der Waals surface area (Å²) in [5.41, 5.74) is 0.0727. The third kappa shape index (κ3) is 4.73. The molecule has 0 unspecified atom stereocenters. The Labute approximate surface area is 131 Å². The van der Waals surface area contributed by atoms with E-state index in [9.17, 15) is 9.90 Å². The van der Waals surface area contributed by atoms with Crippen LogP contribution in [-0.4, -0.2) is 65.4 Å². The smallest absolute Gasteiger partial charge is 0.253 e. The van der Waals surface area contributed by atoms with Crippen LogP contribution in [0.2, 0.25) is 0 Å². The third-order valence-corrected chi connectivity index (χ3v) is 4.35. The van der Waals surface area contributed by atoms with E-state index in [-0.39, 0.29) is 5.91 Å². The normalized spacial score (nSPS) is 17.0. The van der Waals surface area contributed by atoms with E-state index in [1.165, 1.54) is 4.90 Å². The summed E-state index contributed by atoms with van der Waals surface area (Å²) in [6.07, 6.45) is 2.03. The van der Waals surface area contributed by atoms with Crippen LogP contribution in [0.4, 0.5) is 0 Å². The van der Waals surface area contributed by atoms with Crippen molar-refractivity contribution in [3.63, 3.8) is 0 Å². The molecule has 0 aliphatic carbocycles. The number of rotatable bonds is 4.